The molecule has 22 heavy (non-hydrogen) atoms. The van der Waals surface area contributed by atoms with E-state index < -0.39 is 5.41 Å². The van der Waals surface area contributed by atoms with E-state index in [-0.39, 0.29) is 23.4 Å². The first-order chi connectivity index (χ1) is 10.7. The van der Waals surface area contributed by atoms with Crippen LogP contribution in [0.5, 0.6) is 0 Å². The van der Waals surface area contributed by atoms with Crippen LogP contribution in [0, 0.1) is 0 Å². The van der Waals surface area contributed by atoms with Crippen molar-refractivity contribution < 1.29 is 9.32 Å². The Bertz CT molecular complexity index is 842. The van der Waals surface area contributed by atoms with Gasteiger partial charge in [-0.2, -0.15) is 10.2 Å². The maximum atomic E-state index is 12.5. The Labute approximate surface area is 124 Å². The summed E-state index contributed by atoms with van der Waals surface area (Å²) in [5.74, 6) is 0.445. The second-order valence-electron chi connectivity index (χ2n) is 5.28. The molecule has 110 valence electrons. The Morgan fingerprint density at radius 1 is 1.27 bits per heavy atom. The lowest BCUT2D eigenvalue weighted by Gasteiger charge is -2.30. The fraction of sp³-hybridized carbons (Fsp3) is 0.231. The van der Waals surface area contributed by atoms with E-state index in [1.807, 2.05) is 24.3 Å². The van der Waals surface area contributed by atoms with Gasteiger partial charge in [0.2, 0.25) is 23.4 Å². The summed E-state index contributed by atoms with van der Waals surface area (Å²) in [4.78, 5) is 16.7. The van der Waals surface area contributed by atoms with Crippen LogP contribution in [0.4, 0.5) is 5.69 Å². The van der Waals surface area contributed by atoms with Crippen LogP contribution < -0.4 is 5.32 Å². The number of H-pyrrole nitrogens is 1. The molecule has 0 spiro atoms. The van der Waals surface area contributed by atoms with E-state index in [4.69, 9.17) is 4.52 Å². The zero-order valence-electron chi connectivity index (χ0n) is 11.6. The molecule has 1 aromatic carbocycles. The number of rotatable bonds is 2. The van der Waals surface area contributed by atoms with Gasteiger partial charge in [-0.1, -0.05) is 23.4 Å². The number of benzene rings is 1. The van der Waals surface area contributed by atoms with Gasteiger partial charge in [-0.3, -0.25) is 4.79 Å². The number of carbonyl (C=O) groups is 1. The molecule has 3 heterocycles. The third-order valence-corrected chi connectivity index (χ3v) is 3.75. The molecule has 0 bridgehead atoms. The van der Waals surface area contributed by atoms with E-state index in [0.29, 0.717) is 6.42 Å². The SMILES string of the molecule is CC1(c2nc(-c3nn[nH]n3)no2)Cc2ccccc2NC1=O. The monoisotopic (exact) mass is 297 g/mol. The highest BCUT2D eigenvalue weighted by Crippen LogP contribution is 2.36. The number of fused-ring (bicyclic) bond motifs is 1. The van der Waals surface area contributed by atoms with Gasteiger partial charge in [0, 0.05) is 5.69 Å². The summed E-state index contributed by atoms with van der Waals surface area (Å²) in [5.41, 5.74) is 0.885. The van der Waals surface area contributed by atoms with Crippen molar-refractivity contribution in [3.8, 4) is 11.6 Å². The van der Waals surface area contributed by atoms with Crippen molar-refractivity contribution in [2.24, 2.45) is 0 Å². The summed E-state index contributed by atoms with van der Waals surface area (Å²) in [6, 6.07) is 7.63. The lowest BCUT2D eigenvalue weighted by atomic mass is 9.79. The van der Waals surface area contributed by atoms with Gasteiger partial charge < -0.3 is 9.84 Å². The minimum atomic E-state index is -0.941. The number of nitrogens with zero attached hydrogens (tertiary/aromatic N) is 5. The fourth-order valence-corrected chi connectivity index (χ4v) is 2.49. The first-order valence-electron chi connectivity index (χ1n) is 6.64. The topological polar surface area (TPSA) is 122 Å². The molecule has 9 heteroatoms. The highest BCUT2D eigenvalue weighted by molar-refractivity contribution is 6.01. The first-order valence-corrected chi connectivity index (χ1v) is 6.64. The minimum Gasteiger partial charge on any atom is -0.338 e. The minimum absolute atomic E-state index is 0.186. The second kappa shape index (κ2) is 4.45. The van der Waals surface area contributed by atoms with Crippen molar-refractivity contribution in [1.82, 2.24) is 30.8 Å². The third kappa shape index (κ3) is 1.79. The molecule has 0 radical (unpaired) electrons. The van der Waals surface area contributed by atoms with E-state index in [1.165, 1.54) is 0 Å². The molecule has 9 nitrogen and oxygen atoms in total. The predicted molar refractivity (Wildman–Crippen MR) is 73.6 cm³/mol. The van der Waals surface area contributed by atoms with Gasteiger partial charge in [-0.15, -0.1) is 10.2 Å². The van der Waals surface area contributed by atoms with Crippen molar-refractivity contribution in [3.05, 3.63) is 35.7 Å². The molecule has 0 saturated carbocycles. The number of carbonyl (C=O) groups excluding carboxylic acids is 1. The Balaban J connectivity index is 1.74. The van der Waals surface area contributed by atoms with Gasteiger partial charge >= 0.3 is 0 Å². The number of anilines is 1. The Morgan fingerprint density at radius 3 is 2.95 bits per heavy atom. The largest absolute Gasteiger partial charge is 0.338 e. The normalized spacial score (nSPS) is 20.5. The van der Waals surface area contributed by atoms with Crippen LogP contribution in [-0.4, -0.2) is 36.7 Å². The van der Waals surface area contributed by atoms with Crippen molar-refractivity contribution in [3.63, 3.8) is 0 Å². The molecule has 3 aromatic rings. The van der Waals surface area contributed by atoms with Crippen LogP contribution in [0.15, 0.2) is 28.8 Å². The van der Waals surface area contributed by atoms with Gasteiger partial charge in [0.1, 0.15) is 5.41 Å². The zero-order chi connectivity index (χ0) is 15.2. The average Bonchev–Trinajstić information content (AvgIpc) is 3.19. The molecular weight excluding hydrogens is 286 g/mol. The molecular formula is C13H11N7O2. The summed E-state index contributed by atoms with van der Waals surface area (Å²) in [6.45, 7) is 1.77. The van der Waals surface area contributed by atoms with Gasteiger partial charge in [-0.25, -0.2) is 0 Å². The number of tetrazole rings is 1. The molecule has 1 unspecified atom stereocenters. The number of hydrogen-bond donors (Lipinski definition) is 2. The van der Waals surface area contributed by atoms with Crippen LogP contribution in [0.25, 0.3) is 11.6 Å². The maximum Gasteiger partial charge on any atom is 0.245 e. The zero-order valence-corrected chi connectivity index (χ0v) is 11.6. The molecule has 2 aromatic heterocycles. The van der Waals surface area contributed by atoms with E-state index in [9.17, 15) is 4.79 Å². The van der Waals surface area contributed by atoms with Crippen LogP contribution in [-0.2, 0) is 16.6 Å². The number of amides is 1. The van der Waals surface area contributed by atoms with Gasteiger partial charge in [0.15, 0.2) is 0 Å². The highest BCUT2D eigenvalue weighted by Gasteiger charge is 2.44. The van der Waals surface area contributed by atoms with Gasteiger partial charge in [0.25, 0.3) is 0 Å². The van der Waals surface area contributed by atoms with Crippen LogP contribution >= 0.6 is 0 Å². The molecule has 1 amide bonds. The number of aromatic amines is 1. The summed E-state index contributed by atoms with van der Waals surface area (Å²) < 4.78 is 5.27. The van der Waals surface area contributed by atoms with Crippen molar-refractivity contribution in [2.45, 2.75) is 18.8 Å². The van der Waals surface area contributed by atoms with Crippen molar-refractivity contribution in [1.29, 1.82) is 0 Å². The van der Waals surface area contributed by atoms with Crippen LogP contribution in [0.1, 0.15) is 18.4 Å². The molecule has 1 aliphatic heterocycles. The Hall–Kier alpha value is -3.10. The molecule has 4 rings (SSSR count). The lowest BCUT2D eigenvalue weighted by Crippen LogP contribution is -2.43. The van der Waals surface area contributed by atoms with E-state index in [2.05, 4.69) is 36.1 Å². The maximum absolute atomic E-state index is 12.5. The standard InChI is InChI=1S/C13H11N7O2/c1-13(6-7-4-2-3-5-8(7)14-11(13)21)12-15-9(18-22-12)10-16-19-20-17-10/h2-5H,6H2,1H3,(H,14,21)(H,16,17,19,20). The fourth-order valence-electron chi connectivity index (χ4n) is 2.49. The Morgan fingerprint density at radius 2 is 2.14 bits per heavy atom. The van der Waals surface area contributed by atoms with E-state index >= 15 is 0 Å². The average molecular weight is 297 g/mol. The molecule has 1 atom stereocenters. The van der Waals surface area contributed by atoms with Crippen LogP contribution in [0.2, 0.25) is 0 Å². The summed E-state index contributed by atoms with van der Waals surface area (Å²) in [6.07, 6.45) is 0.475. The molecule has 0 aliphatic carbocycles. The van der Waals surface area contributed by atoms with E-state index in [0.717, 1.165) is 11.3 Å². The number of para-hydroxylation sites is 1. The summed E-state index contributed by atoms with van der Waals surface area (Å²) in [5, 5.41) is 20.0. The lowest BCUT2D eigenvalue weighted by molar-refractivity contribution is -0.122. The summed E-state index contributed by atoms with van der Waals surface area (Å²) >= 11 is 0. The number of hydrogen-bond acceptors (Lipinski definition) is 7. The third-order valence-electron chi connectivity index (χ3n) is 3.75. The number of aromatic nitrogens is 6. The Kier molecular flexibility index (Phi) is 2.55. The second-order valence-corrected chi connectivity index (χ2v) is 5.28. The predicted octanol–water partition coefficient (Wildman–Crippen LogP) is 0.702. The first kappa shape index (κ1) is 12.6. The van der Waals surface area contributed by atoms with E-state index in [1.54, 1.807) is 6.92 Å². The molecule has 0 fully saturated rings. The smallest absolute Gasteiger partial charge is 0.245 e. The molecule has 1 aliphatic rings. The molecule has 2 N–H and O–H groups in total. The molecule has 0 saturated heterocycles. The quantitative estimate of drug-likeness (QED) is 0.713. The highest BCUT2D eigenvalue weighted by atomic mass is 16.5. The summed E-state index contributed by atoms with van der Waals surface area (Å²) in [7, 11) is 0. The van der Waals surface area contributed by atoms with Crippen molar-refractivity contribution in [2.75, 3.05) is 5.32 Å². The van der Waals surface area contributed by atoms with Gasteiger partial charge in [0.05, 0.1) is 0 Å². The van der Waals surface area contributed by atoms with Gasteiger partial charge in [-0.05, 0) is 30.2 Å². The number of nitrogens with one attached hydrogen (secondary N) is 2. The van der Waals surface area contributed by atoms with Crippen LogP contribution in [0.3, 0.4) is 0 Å². The van der Waals surface area contributed by atoms with Crippen molar-refractivity contribution >= 4 is 11.6 Å².